The molecule has 0 aromatic heterocycles. The minimum atomic E-state index is -2.35. The second kappa shape index (κ2) is 18.0. The molecule has 0 saturated carbocycles. The van der Waals surface area contributed by atoms with Gasteiger partial charge < -0.3 is 19.3 Å². The Kier molecular flexibility index (Phi) is 10.7. The van der Waals surface area contributed by atoms with E-state index >= 15 is 0 Å². The van der Waals surface area contributed by atoms with Gasteiger partial charge in [0, 0.05) is 49.4 Å². The molecule has 0 amide bonds. The first-order chi connectivity index (χ1) is 37.9. The molecule has 0 atom stereocenters. The number of benzene rings is 11. The van der Waals surface area contributed by atoms with Gasteiger partial charge in [0.25, 0.3) is 13.4 Å². The predicted octanol–water partition coefficient (Wildman–Crippen LogP) is 14.2. The van der Waals surface area contributed by atoms with E-state index in [0.29, 0.717) is 0 Å². The van der Waals surface area contributed by atoms with E-state index < -0.39 is 8.07 Å². The van der Waals surface area contributed by atoms with Crippen molar-refractivity contribution >= 4 is 105 Å². The van der Waals surface area contributed by atoms with Gasteiger partial charge in [0.15, 0.2) is 0 Å². The summed E-state index contributed by atoms with van der Waals surface area (Å²) in [5.74, 6) is 3.63. The number of rotatable bonds is 8. The highest BCUT2D eigenvalue weighted by Gasteiger charge is 2.49. The Morgan fingerprint density at radius 2 is 0.870 bits per heavy atom. The lowest BCUT2D eigenvalue weighted by Gasteiger charge is -2.43. The highest BCUT2D eigenvalue weighted by atomic mass is 32.2. The molecule has 4 heterocycles. The summed E-state index contributed by atoms with van der Waals surface area (Å²) in [6.45, 7) is 7.15. The Morgan fingerprint density at radius 3 is 1.51 bits per heavy atom. The summed E-state index contributed by atoms with van der Waals surface area (Å²) in [5, 5.41) is 1.21. The van der Waals surface area contributed by atoms with E-state index in [1.54, 1.807) is 0 Å². The molecule has 0 radical (unpaired) electrons. The van der Waals surface area contributed by atoms with Crippen LogP contribution in [-0.2, 0) is 0 Å². The molecule has 0 N–H and O–H groups in total. The first-order valence-electron chi connectivity index (χ1n) is 26.6. The fourth-order valence-corrected chi connectivity index (χ4v) is 15.6. The molecule has 4 aliphatic rings. The van der Waals surface area contributed by atoms with Crippen LogP contribution < -0.4 is 57.2 Å². The summed E-state index contributed by atoms with van der Waals surface area (Å²) in [6.07, 6.45) is 0. The molecule has 11 aromatic rings. The van der Waals surface area contributed by atoms with Gasteiger partial charge in [-0.25, -0.2) is 0 Å². The van der Waals surface area contributed by atoms with Gasteiger partial charge in [0.2, 0.25) is 0 Å². The molecule has 0 fully saturated rings. The van der Waals surface area contributed by atoms with Crippen molar-refractivity contribution in [1.82, 2.24) is 0 Å². The van der Waals surface area contributed by atoms with E-state index in [-0.39, 0.29) is 13.4 Å². The highest BCUT2D eigenvalue weighted by molar-refractivity contribution is 8.00. The fourth-order valence-electron chi connectivity index (χ4n) is 12.7. The molecular formula is C69H50B2N2O2SSi. The third-order valence-corrected chi connectivity index (χ3v) is 19.0. The minimum Gasteiger partial charge on any atom is -0.458 e. The van der Waals surface area contributed by atoms with Crippen molar-refractivity contribution in [3.63, 3.8) is 0 Å². The van der Waals surface area contributed by atoms with Crippen molar-refractivity contribution in [2.45, 2.75) is 29.4 Å². The molecule has 11 aromatic carbocycles. The maximum absolute atomic E-state index is 7.84. The van der Waals surface area contributed by atoms with E-state index in [2.05, 4.69) is 278 Å². The molecule has 0 bridgehead atoms. The monoisotopic (exact) mass is 1020 g/mol. The number of fused-ring (bicyclic) bond motifs is 8. The first-order valence-corrected chi connectivity index (χ1v) is 31.0. The summed E-state index contributed by atoms with van der Waals surface area (Å²) in [4.78, 5) is 7.38. The number of nitrogens with zero attached hydrogens (tertiary/aromatic N) is 2. The van der Waals surface area contributed by atoms with E-state index in [1.165, 1.54) is 59.0 Å². The summed E-state index contributed by atoms with van der Waals surface area (Å²) >= 11 is 1.86. The lowest BCUT2D eigenvalue weighted by atomic mass is 9.31. The molecule has 4 nitrogen and oxygen atoms in total. The maximum atomic E-state index is 7.84. The van der Waals surface area contributed by atoms with E-state index in [4.69, 9.17) is 9.47 Å². The molecule has 0 aliphatic carbocycles. The average molecular weight is 1020 g/mol. The van der Waals surface area contributed by atoms with Crippen molar-refractivity contribution in [3.05, 3.63) is 249 Å². The normalized spacial score (nSPS) is 13.2. The maximum Gasteiger partial charge on any atom is 0.256 e. The van der Waals surface area contributed by atoms with Crippen LogP contribution in [0.5, 0.6) is 23.0 Å². The molecule has 0 unspecified atom stereocenters. The molecule has 0 saturated heterocycles. The zero-order chi connectivity index (χ0) is 51.4. The van der Waals surface area contributed by atoms with E-state index in [1.807, 2.05) is 11.8 Å². The zero-order valence-corrected chi connectivity index (χ0v) is 44.8. The van der Waals surface area contributed by atoms with Crippen molar-refractivity contribution in [2.24, 2.45) is 0 Å². The highest BCUT2D eigenvalue weighted by Crippen LogP contribution is 2.49. The Hall–Kier alpha value is -8.68. The Balaban J connectivity index is 1.000. The molecular weight excluding hydrogens is 971 g/mol. The Morgan fingerprint density at radius 1 is 0.377 bits per heavy atom. The molecule has 0 spiro atoms. The van der Waals surface area contributed by atoms with Crippen LogP contribution in [0.15, 0.2) is 259 Å². The van der Waals surface area contributed by atoms with Crippen LogP contribution in [0.3, 0.4) is 0 Å². The minimum absolute atomic E-state index is 0.0540. The van der Waals surface area contributed by atoms with Crippen LogP contribution in [0.4, 0.5) is 34.1 Å². The molecule has 77 heavy (non-hydrogen) atoms. The summed E-state index contributed by atoms with van der Waals surface area (Å²) in [6, 6.07) is 90.6. The number of anilines is 6. The molecule has 4 aliphatic heterocycles. The van der Waals surface area contributed by atoms with Crippen molar-refractivity contribution in [2.75, 3.05) is 9.80 Å². The van der Waals surface area contributed by atoms with Gasteiger partial charge in [-0.2, -0.15) is 0 Å². The number of para-hydroxylation sites is 4. The number of ether oxygens (including phenoxy) is 2. The van der Waals surface area contributed by atoms with Gasteiger partial charge in [-0.1, -0.05) is 219 Å². The van der Waals surface area contributed by atoms with Gasteiger partial charge in [-0.05, 0) is 116 Å². The van der Waals surface area contributed by atoms with Crippen LogP contribution in [0, 0.1) is 0 Å². The second-order valence-electron chi connectivity index (χ2n) is 21.5. The molecule has 8 heteroatoms. The number of hydrogen-bond acceptors (Lipinski definition) is 5. The molecule has 364 valence electrons. The van der Waals surface area contributed by atoms with E-state index in [9.17, 15) is 0 Å². The Labute approximate surface area is 456 Å². The van der Waals surface area contributed by atoms with Crippen LogP contribution in [0.1, 0.15) is 0 Å². The lowest BCUT2D eigenvalue weighted by molar-refractivity contribution is 0.471. The van der Waals surface area contributed by atoms with Crippen LogP contribution >= 0.6 is 11.8 Å². The quantitative estimate of drug-likeness (QED) is 0.141. The van der Waals surface area contributed by atoms with Gasteiger partial charge >= 0.3 is 0 Å². The van der Waals surface area contributed by atoms with Crippen molar-refractivity contribution < 1.29 is 9.47 Å². The largest absolute Gasteiger partial charge is 0.458 e. The third-order valence-electron chi connectivity index (χ3n) is 15.9. The van der Waals surface area contributed by atoms with Gasteiger partial charge in [0.1, 0.15) is 23.0 Å². The average Bonchev–Trinajstić information content (AvgIpc) is 3.57. The van der Waals surface area contributed by atoms with E-state index in [0.717, 1.165) is 79.3 Å². The smallest absolute Gasteiger partial charge is 0.256 e. The SMILES string of the molecule is C[Si](C)(C)c1c2c(cc3c1Oc1cc(N(c4ccccc4)c4ccccc4)cc4c1B3c1ccccc1N4c1ccccc1-c1ccccc1)B1c3ccccc3Sc3cc(-c4ccccc4-c4ccccc4)cc(c31)O2. The van der Waals surface area contributed by atoms with Crippen molar-refractivity contribution in [3.8, 4) is 56.4 Å². The van der Waals surface area contributed by atoms with Gasteiger partial charge in [-0.15, -0.1) is 0 Å². The first kappa shape index (κ1) is 45.7. The van der Waals surface area contributed by atoms with Crippen LogP contribution in [0.25, 0.3) is 33.4 Å². The third kappa shape index (κ3) is 7.38. The molecule has 15 rings (SSSR count). The summed E-state index contributed by atoms with van der Waals surface area (Å²) < 4.78 is 15.5. The summed E-state index contributed by atoms with van der Waals surface area (Å²) in [5.41, 5.74) is 20.8. The zero-order valence-electron chi connectivity index (χ0n) is 42.9. The fraction of sp³-hybridized carbons (Fsp3) is 0.0435. The standard InChI is InChI=1S/C69H50B2N2O2SSi/c1-77(2,3)69-67-56(44-57-68(69)74-61-40-47(52-33-17-16-32-51(52)45-24-8-4-9-25-45)41-64-66(61)71(57)55-36-20-23-39-63(55)76-64)70-54-35-19-22-38-59(54)73(58-37-21-18-34-53(58)46-26-10-5-11-27-46)60-42-50(43-62(75-67)65(60)70)72(48-28-12-6-13-29-48)49-30-14-7-15-31-49/h4-44H,1-3H3. The number of hydrogen-bond donors (Lipinski definition) is 0. The lowest BCUT2D eigenvalue weighted by Crippen LogP contribution is -2.65. The predicted molar refractivity (Wildman–Crippen MR) is 328 cm³/mol. The van der Waals surface area contributed by atoms with Gasteiger partial charge in [0.05, 0.1) is 19.4 Å². The van der Waals surface area contributed by atoms with Gasteiger partial charge in [-0.3, -0.25) is 0 Å². The van der Waals surface area contributed by atoms with Crippen LogP contribution in [-0.4, -0.2) is 21.5 Å². The Bertz CT molecular complexity index is 4110. The second-order valence-corrected chi connectivity index (χ2v) is 27.6. The summed E-state index contributed by atoms with van der Waals surface area (Å²) in [7, 11) is -2.35. The van der Waals surface area contributed by atoms with Crippen LogP contribution in [0.2, 0.25) is 19.6 Å². The van der Waals surface area contributed by atoms with Crippen molar-refractivity contribution in [1.29, 1.82) is 0 Å². The topological polar surface area (TPSA) is 24.9 Å².